The minimum Gasteiger partial charge on any atom is -0.484 e. The molecule has 0 unspecified atom stereocenters. The second kappa shape index (κ2) is 8.50. The molecule has 0 saturated carbocycles. The highest BCUT2D eigenvalue weighted by Gasteiger charge is 2.13. The molecule has 0 aliphatic carbocycles. The predicted molar refractivity (Wildman–Crippen MR) is 104 cm³/mol. The molecular weight excluding hydrogens is 419 g/mol. The Balaban J connectivity index is 1.33. The Morgan fingerprint density at radius 3 is 2.21 bits per heavy atom. The molecule has 0 N–H and O–H groups in total. The fraction of sp³-hybridized carbons (Fsp3) is 0.158. The third-order valence-corrected chi connectivity index (χ3v) is 4.29. The molecule has 2 heterocycles. The number of halogens is 2. The summed E-state index contributed by atoms with van der Waals surface area (Å²) >= 11 is 12.1. The van der Waals surface area contributed by atoms with E-state index in [1.165, 1.54) is 0 Å². The molecule has 0 aliphatic heterocycles. The molecule has 0 atom stereocenters. The van der Waals surface area contributed by atoms with Gasteiger partial charge in [-0.3, -0.25) is 0 Å². The first-order valence-electron chi connectivity index (χ1n) is 8.49. The fourth-order valence-electron chi connectivity index (χ4n) is 2.40. The van der Waals surface area contributed by atoms with E-state index in [2.05, 4.69) is 20.3 Å². The van der Waals surface area contributed by atoms with Gasteiger partial charge in [0.2, 0.25) is 5.89 Å². The van der Waals surface area contributed by atoms with Gasteiger partial charge in [-0.1, -0.05) is 28.4 Å². The zero-order valence-electron chi connectivity index (χ0n) is 15.1. The average Bonchev–Trinajstić information content (AvgIpc) is 3.34. The molecule has 4 aromatic rings. The molecule has 4 rings (SSSR count). The third kappa shape index (κ3) is 4.85. The summed E-state index contributed by atoms with van der Waals surface area (Å²) < 4.78 is 21.8. The number of aromatic nitrogens is 4. The zero-order chi connectivity index (χ0) is 20.2. The van der Waals surface area contributed by atoms with Crippen LogP contribution >= 0.6 is 23.2 Å². The summed E-state index contributed by atoms with van der Waals surface area (Å²) in [6.45, 7) is 2.05. The second-order valence-corrected chi connectivity index (χ2v) is 6.75. The molecule has 10 heteroatoms. The van der Waals surface area contributed by atoms with Gasteiger partial charge >= 0.3 is 0 Å². The summed E-state index contributed by atoms with van der Waals surface area (Å²) in [5, 5.41) is 12.6. The molecule has 0 radical (unpaired) electrons. The van der Waals surface area contributed by atoms with Crippen LogP contribution in [0.15, 0.2) is 51.4 Å². The summed E-state index contributed by atoms with van der Waals surface area (Å²) in [4.78, 5) is 4.07. The highest BCUT2D eigenvalue weighted by molar-refractivity contribution is 6.36. The van der Waals surface area contributed by atoms with Crippen LogP contribution in [0.5, 0.6) is 11.5 Å². The van der Waals surface area contributed by atoms with Crippen molar-refractivity contribution in [1.82, 2.24) is 20.3 Å². The first-order chi connectivity index (χ1) is 14.1. The van der Waals surface area contributed by atoms with Crippen molar-refractivity contribution in [1.29, 1.82) is 0 Å². The predicted octanol–water partition coefficient (Wildman–Crippen LogP) is 4.89. The largest absolute Gasteiger partial charge is 0.484 e. The van der Waals surface area contributed by atoms with Gasteiger partial charge < -0.3 is 18.4 Å². The van der Waals surface area contributed by atoms with Gasteiger partial charge in [0.25, 0.3) is 11.8 Å². The first kappa shape index (κ1) is 19.2. The smallest absolute Gasteiger partial charge is 0.264 e. The lowest BCUT2D eigenvalue weighted by atomic mass is 10.2. The molecule has 0 saturated heterocycles. The van der Waals surface area contributed by atoms with Gasteiger partial charge in [0, 0.05) is 5.02 Å². The Hall–Kier alpha value is -3.10. The number of nitrogens with zero attached hydrogens (tertiary/aromatic N) is 4. The van der Waals surface area contributed by atoms with E-state index in [1.807, 2.05) is 0 Å². The Morgan fingerprint density at radius 2 is 1.59 bits per heavy atom. The van der Waals surface area contributed by atoms with Gasteiger partial charge in [-0.15, -0.1) is 10.2 Å². The molecule has 0 fully saturated rings. The van der Waals surface area contributed by atoms with Crippen molar-refractivity contribution in [2.24, 2.45) is 0 Å². The molecule has 2 aromatic heterocycles. The van der Waals surface area contributed by atoms with Gasteiger partial charge in [0.15, 0.2) is 19.0 Å². The van der Waals surface area contributed by atoms with Crippen LogP contribution in [0.2, 0.25) is 10.0 Å². The maximum absolute atomic E-state index is 6.16. The van der Waals surface area contributed by atoms with E-state index >= 15 is 0 Å². The molecule has 0 spiro atoms. The quantitative estimate of drug-likeness (QED) is 0.406. The van der Waals surface area contributed by atoms with Gasteiger partial charge in [-0.2, -0.15) is 4.98 Å². The van der Waals surface area contributed by atoms with Crippen LogP contribution in [0.3, 0.4) is 0 Å². The highest BCUT2D eigenvalue weighted by Crippen LogP contribution is 2.29. The van der Waals surface area contributed by atoms with E-state index in [-0.39, 0.29) is 13.2 Å². The van der Waals surface area contributed by atoms with Crippen LogP contribution < -0.4 is 9.47 Å². The molecule has 0 amide bonds. The van der Waals surface area contributed by atoms with E-state index in [0.29, 0.717) is 50.6 Å². The van der Waals surface area contributed by atoms with E-state index in [9.17, 15) is 0 Å². The first-order valence-corrected chi connectivity index (χ1v) is 9.25. The lowest BCUT2D eigenvalue weighted by Gasteiger charge is -2.06. The van der Waals surface area contributed by atoms with Crippen LogP contribution in [0.25, 0.3) is 11.5 Å². The maximum Gasteiger partial charge on any atom is 0.264 e. The van der Waals surface area contributed by atoms with E-state index in [0.717, 1.165) is 0 Å². The summed E-state index contributed by atoms with van der Waals surface area (Å²) in [6, 6.07) is 12.1. The van der Waals surface area contributed by atoms with Gasteiger partial charge in [0.05, 0.1) is 10.6 Å². The van der Waals surface area contributed by atoms with Crippen LogP contribution in [0.1, 0.15) is 17.6 Å². The van der Waals surface area contributed by atoms with Crippen molar-refractivity contribution in [2.75, 3.05) is 0 Å². The molecule has 8 nitrogen and oxygen atoms in total. The normalized spacial score (nSPS) is 10.9. The Labute approximate surface area is 175 Å². The van der Waals surface area contributed by atoms with Gasteiger partial charge in [-0.25, -0.2) is 0 Å². The minimum atomic E-state index is 0.111. The maximum atomic E-state index is 6.16. The van der Waals surface area contributed by atoms with E-state index in [4.69, 9.17) is 41.6 Å². The molecule has 2 aromatic carbocycles. The van der Waals surface area contributed by atoms with Gasteiger partial charge in [0.1, 0.15) is 11.5 Å². The van der Waals surface area contributed by atoms with Crippen LogP contribution in [-0.2, 0) is 13.2 Å². The van der Waals surface area contributed by atoms with E-state index < -0.39 is 0 Å². The van der Waals surface area contributed by atoms with Crippen molar-refractivity contribution < 1.29 is 18.4 Å². The average molecular weight is 433 g/mol. The van der Waals surface area contributed by atoms with Crippen molar-refractivity contribution in [3.05, 3.63) is 70.1 Å². The summed E-state index contributed by atoms with van der Waals surface area (Å²) in [5.41, 5.74) is 0.604. The fourth-order valence-corrected chi connectivity index (χ4v) is 2.89. The second-order valence-electron chi connectivity index (χ2n) is 5.91. The van der Waals surface area contributed by atoms with Crippen molar-refractivity contribution in [3.8, 4) is 23.0 Å². The summed E-state index contributed by atoms with van der Waals surface area (Å²) in [5.74, 6) is 2.86. The number of aryl methyl sites for hydroxylation is 1. The molecule has 29 heavy (non-hydrogen) atoms. The van der Waals surface area contributed by atoms with Crippen molar-refractivity contribution in [3.63, 3.8) is 0 Å². The third-order valence-electron chi connectivity index (χ3n) is 3.75. The number of hydrogen-bond donors (Lipinski definition) is 0. The molecule has 0 aliphatic rings. The van der Waals surface area contributed by atoms with Crippen LogP contribution in [0, 0.1) is 6.92 Å². The number of benzene rings is 2. The lowest BCUT2D eigenvalue weighted by molar-refractivity contribution is 0.241. The molecular formula is C19H14Cl2N4O4. The van der Waals surface area contributed by atoms with Crippen LogP contribution in [0.4, 0.5) is 0 Å². The molecule has 0 bridgehead atoms. The van der Waals surface area contributed by atoms with Crippen molar-refractivity contribution in [2.45, 2.75) is 20.1 Å². The highest BCUT2D eigenvalue weighted by atomic mass is 35.5. The monoisotopic (exact) mass is 432 g/mol. The summed E-state index contributed by atoms with van der Waals surface area (Å²) in [7, 11) is 0. The number of rotatable bonds is 7. The van der Waals surface area contributed by atoms with Crippen molar-refractivity contribution >= 4 is 23.2 Å². The Bertz CT molecular complexity index is 1110. The Kier molecular flexibility index (Phi) is 5.64. The standard InChI is InChI=1S/C19H14Cl2N4O4/c1-11-22-17(29-25-11)9-26-13-3-5-14(6-4-13)27-10-18-23-24-19(28-18)15-7-2-12(20)8-16(15)21/h2-8H,9-10H2,1H3. The van der Waals surface area contributed by atoms with Crippen LogP contribution in [-0.4, -0.2) is 20.3 Å². The zero-order valence-corrected chi connectivity index (χ0v) is 16.6. The minimum absolute atomic E-state index is 0.111. The molecule has 148 valence electrons. The SMILES string of the molecule is Cc1noc(COc2ccc(OCc3nnc(-c4ccc(Cl)cc4Cl)o3)cc2)n1. The lowest BCUT2D eigenvalue weighted by Crippen LogP contribution is -1.97. The number of hydrogen-bond acceptors (Lipinski definition) is 8. The van der Waals surface area contributed by atoms with Gasteiger partial charge in [-0.05, 0) is 49.4 Å². The Morgan fingerprint density at radius 1 is 0.897 bits per heavy atom. The summed E-state index contributed by atoms with van der Waals surface area (Å²) in [6.07, 6.45) is 0. The topological polar surface area (TPSA) is 96.3 Å². The van der Waals surface area contributed by atoms with E-state index in [1.54, 1.807) is 49.4 Å². The number of ether oxygens (including phenoxy) is 2.